The summed E-state index contributed by atoms with van der Waals surface area (Å²) in [6.45, 7) is 1.69. The number of halogens is 3. The number of Topliss-reactive ketones (excluding diaryl/α,β-unsaturated/α-hetero) is 1. The van der Waals surface area contributed by atoms with Crippen molar-refractivity contribution in [2.75, 3.05) is 7.11 Å². The van der Waals surface area contributed by atoms with Gasteiger partial charge >= 0.3 is 5.97 Å². The highest BCUT2D eigenvalue weighted by molar-refractivity contribution is 6.76. The summed E-state index contributed by atoms with van der Waals surface area (Å²) in [6.07, 6.45) is -0.0449. The van der Waals surface area contributed by atoms with E-state index in [1.54, 1.807) is 6.92 Å². The average molecular weight is 338 g/mol. The van der Waals surface area contributed by atoms with E-state index in [1.165, 1.54) is 7.11 Å². The van der Waals surface area contributed by atoms with Gasteiger partial charge in [-0.15, -0.1) is 0 Å². The minimum Gasteiger partial charge on any atom is -0.469 e. The van der Waals surface area contributed by atoms with Crippen molar-refractivity contribution in [3.8, 4) is 0 Å². The van der Waals surface area contributed by atoms with Gasteiger partial charge in [0.2, 0.25) is 3.79 Å². The molecule has 0 aliphatic heterocycles. The van der Waals surface area contributed by atoms with Crippen LogP contribution in [0.15, 0.2) is 30.3 Å². The van der Waals surface area contributed by atoms with Gasteiger partial charge in [0.05, 0.1) is 13.0 Å². The minimum absolute atomic E-state index is 0.0449. The molecule has 0 amide bonds. The number of carbonyl (C=O) groups is 2. The largest absolute Gasteiger partial charge is 0.469 e. The third-order valence-corrected chi connectivity index (χ3v) is 3.76. The van der Waals surface area contributed by atoms with Crippen LogP contribution in [-0.2, 0) is 14.3 Å². The van der Waals surface area contributed by atoms with Crippen LogP contribution in [0.25, 0.3) is 0 Å². The van der Waals surface area contributed by atoms with Crippen LogP contribution < -0.4 is 0 Å². The number of hydrogen-bond acceptors (Lipinski definition) is 3. The Morgan fingerprint density at radius 3 is 2.20 bits per heavy atom. The summed E-state index contributed by atoms with van der Waals surface area (Å²) >= 11 is 16.8. The molecule has 20 heavy (non-hydrogen) atoms. The molecule has 0 radical (unpaired) electrons. The molecular weight excluding hydrogens is 323 g/mol. The molecule has 0 aliphatic carbocycles. The van der Waals surface area contributed by atoms with Gasteiger partial charge in [-0.1, -0.05) is 72.1 Å². The van der Waals surface area contributed by atoms with Gasteiger partial charge in [-0.3, -0.25) is 9.59 Å². The summed E-state index contributed by atoms with van der Waals surface area (Å²) in [6, 6.07) is 9.16. The fraction of sp³-hybridized carbons (Fsp3) is 0.429. The summed E-state index contributed by atoms with van der Waals surface area (Å²) in [7, 11) is 1.30. The number of methoxy groups -OCH3 is 1. The van der Waals surface area contributed by atoms with Crippen molar-refractivity contribution in [3.05, 3.63) is 35.9 Å². The lowest BCUT2D eigenvalue weighted by molar-refractivity contribution is -0.145. The van der Waals surface area contributed by atoms with E-state index >= 15 is 0 Å². The molecule has 3 nitrogen and oxygen atoms in total. The van der Waals surface area contributed by atoms with E-state index in [4.69, 9.17) is 39.5 Å². The highest BCUT2D eigenvalue weighted by Crippen LogP contribution is 2.35. The van der Waals surface area contributed by atoms with E-state index in [1.807, 2.05) is 30.3 Å². The summed E-state index contributed by atoms with van der Waals surface area (Å²) in [5.74, 6) is -1.87. The normalized spacial score (nSPS) is 14.4. The Hall–Kier alpha value is -0.770. The predicted octanol–water partition coefficient (Wildman–Crippen LogP) is 3.91. The molecule has 1 aromatic carbocycles. The van der Waals surface area contributed by atoms with Crippen molar-refractivity contribution in [2.24, 2.45) is 5.92 Å². The molecule has 1 rings (SSSR count). The molecule has 6 heteroatoms. The van der Waals surface area contributed by atoms with E-state index < -0.39 is 27.4 Å². The Morgan fingerprint density at radius 1 is 1.20 bits per heavy atom. The first kappa shape index (κ1) is 17.3. The van der Waals surface area contributed by atoms with E-state index in [0.717, 1.165) is 5.56 Å². The fourth-order valence-corrected chi connectivity index (χ4v) is 2.18. The first-order valence-corrected chi connectivity index (χ1v) is 7.13. The third kappa shape index (κ3) is 4.65. The molecule has 0 saturated carbocycles. The second-order valence-corrected chi connectivity index (χ2v) is 6.74. The van der Waals surface area contributed by atoms with E-state index in [0.29, 0.717) is 0 Å². The molecule has 0 spiro atoms. The van der Waals surface area contributed by atoms with E-state index in [2.05, 4.69) is 0 Å². The number of hydrogen-bond donors (Lipinski definition) is 0. The second-order valence-electron chi connectivity index (χ2n) is 4.45. The number of alkyl halides is 3. The summed E-state index contributed by atoms with van der Waals surface area (Å²) < 4.78 is 2.75. The van der Waals surface area contributed by atoms with Crippen LogP contribution in [0.2, 0.25) is 0 Å². The van der Waals surface area contributed by atoms with Gasteiger partial charge in [0.25, 0.3) is 0 Å². The molecule has 0 aliphatic rings. The maximum Gasteiger partial charge on any atom is 0.309 e. The smallest absolute Gasteiger partial charge is 0.309 e. The van der Waals surface area contributed by atoms with Gasteiger partial charge in [0.15, 0.2) is 5.78 Å². The minimum atomic E-state index is -1.98. The number of rotatable bonds is 5. The number of carbonyl (C=O) groups excluding carboxylic acids is 2. The van der Waals surface area contributed by atoms with Crippen molar-refractivity contribution in [1.29, 1.82) is 0 Å². The van der Waals surface area contributed by atoms with E-state index in [-0.39, 0.29) is 6.42 Å². The van der Waals surface area contributed by atoms with Crippen LogP contribution in [0.1, 0.15) is 24.8 Å². The summed E-state index contributed by atoms with van der Waals surface area (Å²) in [4.78, 5) is 23.6. The molecule has 0 unspecified atom stereocenters. The van der Waals surface area contributed by atoms with Gasteiger partial charge in [0, 0.05) is 12.3 Å². The molecule has 0 aromatic heterocycles. The summed E-state index contributed by atoms with van der Waals surface area (Å²) in [5, 5.41) is 0. The van der Waals surface area contributed by atoms with Crippen molar-refractivity contribution >= 4 is 46.6 Å². The quantitative estimate of drug-likeness (QED) is 0.604. The third-order valence-electron chi connectivity index (χ3n) is 3.13. The Bertz CT molecular complexity index is 468. The van der Waals surface area contributed by atoms with Crippen LogP contribution in [0, 0.1) is 5.92 Å². The van der Waals surface area contributed by atoms with Crippen LogP contribution >= 0.6 is 34.8 Å². The Morgan fingerprint density at radius 2 is 1.75 bits per heavy atom. The standard InChI is InChI=1S/C14H15Cl3O3/c1-9(13(19)20-2)11(8-12(18)14(15,16)17)10-6-4-3-5-7-10/h3-7,9,11H,8H2,1-2H3/t9-,11-/m0/s1. The highest BCUT2D eigenvalue weighted by Gasteiger charge is 2.36. The van der Waals surface area contributed by atoms with Crippen molar-refractivity contribution in [3.63, 3.8) is 0 Å². The first-order chi connectivity index (χ1) is 9.27. The second kappa shape index (κ2) is 7.30. The lowest BCUT2D eigenvalue weighted by Gasteiger charge is -2.23. The van der Waals surface area contributed by atoms with Gasteiger partial charge in [-0.2, -0.15) is 0 Å². The molecular formula is C14H15Cl3O3. The lowest BCUT2D eigenvalue weighted by Crippen LogP contribution is -2.27. The number of ether oxygens (including phenoxy) is 1. The topological polar surface area (TPSA) is 43.4 Å². The van der Waals surface area contributed by atoms with Crippen LogP contribution in [0.4, 0.5) is 0 Å². The molecule has 110 valence electrons. The lowest BCUT2D eigenvalue weighted by atomic mass is 9.83. The average Bonchev–Trinajstić information content (AvgIpc) is 2.42. The molecule has 0 bridgehead atoms. The van der Waals surface area contributed by atoms with Crippen molar-refractivity contribution in [1.82, 2.24) is 0 Å². The van der Waals surface area contributed by atoms with Gasteiger partial charge in [0.1, 0.15) is 0 Å². The van der Waals surface area contributed by atoms with Gasteiger partial charge in [-0.05, 0) is 5.56 Å². The molecule has 0 heterocycles. The highest BCUT2D eigenvalue weighted by atomic mass is 35.6. The van der Waals surface area contributed by atoms with Crippen molar-refractivity contribution < 1.29 is 14.3 Å². The zero-order valence-electron chi connectivity index (χ0n) is 11.1. The van der Waals surface area contributed by atoms with Crippen molar-refractivity contribution in [2.45, 2.75) is 23.1 Å². The van der Waals surface area contributed by atoms with Crippen LogP contribution in [-0.4, -0.2) is 22.7 Å². The number of ketones is 1. The predicted molar refractivity (Wildman–Crippen MR) is 80.3 cm³/mol. The van der Waals surface area contributed by atoms with Gasteiger partial charge in [-0.25, -0.2) is 0 Å². The molecule has 0 N–H and O–H groups in total. The Labute approximate surface area is 133 Å². The maximum absolute atomic E-state index is 11.9. The SMILES string of the molecule is COC(=O)[C@@H](C)[C@H](CC(=O)C(Cl)(Cl)Cl)c1ccccc1. The van der Waals surface area contributed by atoms with E-state index in [9.17, 15) is 9.59 Å². The Balaban J connectivity index is 3.03. The first-order valence-electron chi connectivity index (χ1n) is 6.00. The molecule has 2 atom stereocenters. The maximum atomic E-state index is 11.9. The molecule has 0 fully saturated rings. The zero-order chi connectivity index (χ0) is 15.3. The fourth-order valence-electron chi connectivity index (χ4n) is 1.95. The van der Waals surface area contributed by atoms with Gasteiger partial charge < -0.3 is 4.74 Å². The summed E-state index contributed by atoms with van der Waals surface area (Å²) in [5.41, 5.74) is 0.827. The monoisotopic (exact) mass is 336 g/mol. The zero-order valence-corrected chi connectivity index (χ0v) is 13.4. The Kier molecular flexibility index (Phi) is 6.31. The van der Waals surface area contributed by atoms with Crippen LogP contribution in [0.5, 0.6) is 0 Å². The van der Waals surface area contributed by atoms with Crippen LogP contribution in [0.3, 0.4) is 0 Å². The molecule has 0 saturated heterocycles. The molecule has 1 aromatic rings. The number of esters is 1. The number of benzene rings is 1.